The van der Waals surface area contributed by atoms with Crippen molar-refractivity contribution in [3.63, 3.8) is 0 Å². The Morgan fingerprint density at radius 1 is 1.28 bits per heavy atom. The van der Waals surface area contributed by atoms with Gasteiger partial charge in [0.2, 0.25) is 0 Å². The van der Waals surface area contributed by atoms with Crippen molar-refractivity contribution in [1.82, 2.24) is 4.72 Å². The van der Waals surface area contributed by atoms with Gasteiger partial charge in [0.15, 0.2) is 0 Å². The molecule has 1 aromatic carbocycles. The Labute approximate surface area is 116 Å². The van der Waals surface area contributed by atoms with Gasteiger partial charge in [-0.25, -0.2) is 0 Å². The number of benzene rings is 1. The predicted octanol–water partition coefficient (Wildman–Crippen LogP) is 2.38. The molecule has 0 saturated heterocycles. The van der Waals surface area contributed by atoms with Crippen molar-refractivity contribution in [2.45, 2.75) is 33.2 Å². The van der Waals surface area contributed by atoms with E-state index in [0.717, 1.165) is 5.56 Å². The summed E-state index contributed by atoms with van der Waals surface area (Å²) >= 11 is 3.30. The molecule has 0 aliphatic carbocycles. The molecule has 0 spiro atoms. The maximum Gasteiger partial charge on any atom is 0.299 e. The molecule has 7 heteroatoms. The van der Waals surface area contributed by atoms with Crippen LogP contribution in [0.1, 0.15) is 26.3 Å². The summed E-state index contributed by atoms with van der Waals surface area (Å²) in [4.78, 5) is 0. The van der Waals surface area contributed by atoms with Crippen LogP contribution in [-0.4, -0.2) is 14.0 Å². The SMILES string of the molecule is Cc1cc(N)c(NS(=O)(=O)NC(C)(C)C)c(Br)c1. The van der Waals surface area contributed by atoms with Gasteiger partial charge in [0.1, 0.15) is 0 Å². The second kappa shape index (κ2) is 5.07. The Morgan fingerprint density at radius 2 is 1.83 bits per heavy atom. The van der Waals surface area contributed by atoms with E-state index in [2.05, 4.69) is 25.4 Å². The van der Waals surface area contributed by atoms with Crippen molar-refractivity contribution >= 4 is 37.5 Å². The number of hydrogen-bond donors (Lipinski definition) is 3. The van der Waals surface area contributed by atoms with E-state index >= 15 is 0 Å². The maximum absolute atomic E-state index is 11.9. The molecule has 0 heterocycles. The van der Waals surface area contributed by atoms with Gasteiger partial charge in [0, 0.05) is 10.0 Å². The number of nitrogens with two attached hydrogens (primary N) is 1. The van der Waals surface area contributed by atoms with E-state index in [-0.39, 0.29) is 0 Å². The molecule has 5 nitrogen and oxygen atoms in total. The first kappa shape index (κ1) is 15.3. The van der Waals surface area contributed by atoms with Crippen LogP contribution in [0, 0.1) is 6.92 Å². The number of nitrogens with one attached hydrogen (secondary N) is 2. The molecule has 4 N–H and O–H groups in total. The number of anilines is 2. The molecule has 0 amide bonds. The van der Waals surface area contributed by atoms with Gasteiger partial charge >= 0.3 is 0 Å². The molecule has 0 aliphatic heterocycles. The number of rotatable bonds is 3. The largest absolute Gasteiger partial charge is 0.397 e. The summed E-state index contributed by atoms with van der Waals surface area (Å²) in [7, 11) is -3.66. The molecule has 0 bridgehead atoms. The third-order valence-electron chi connectivity index (χ3n) is 1.94. The van der Waals surface area contributed by atoms with Gasteiger partial charge in [0.05, 0.1) is 11.4 Å². The highest BCUT2D eigenvalue weighted by Gasteiger charge is 2.21. The highest BCUT2D eigenvalue weighted by atomic mass is 79.9. The lowest BCUT2D eigenvalue weighted by Crippen LogP contribution is -2.43. The topological polar surface area (TPSA) is 84.2 Å². The van der Waals surface area contributed by atoms with Gasteiger partial charge in [-0.05, 0) is 61.3 Å². The average molecular weight is 336 g/mol. The first-order chi connectivity index (χ1) is 8.00. The molecule has 0 atom stereocenters. The number of nitrogen functional groups attached to an aromatic ring is 1. The molecule has 18 heavy (non-hydrogen) atoms. The first-order valence-corrected chi connectivity index (χ1v) is 7.65. The fraction of sp³-hybridized carbons (Fsp3) is 0.455. The highest BCUT2D eigenvalue weighted by molar-refractivity contribution is 9.10. The Morgan fingerprint density at radius 3 is 2.28 bits per heavy atom. The summed E-state index contributed by atoms with van der Waals surface area (Å²) in [5.41, 5.74) is 6.92. The summed E-state index contributed by atoms with van der Waals surface area (Å²) in [5, 5.41) is 0. The Bertz CT molecular complexity index is 527. The molecule has 0 aromatic heterocycles. The number of halogens is 1. The summed E-state index contributed by atoms with van der Waals surface area (Å²) in [6.45, 7) is 7.17. The smallest absolute Gasteiger partial charge is 0.299 e. The van der Waals surface area contributed by atoms with Crippen LogP contribution in [0.2, 0.25) is 0 Å². The Balaban J connectivity index is 3.06. The highest BCUT2D eigenvalue weighted by Crippen LogP contribution is 2.30. The molecule has 102 valence electrons. The average Bonchev–Trinajstić information content (AvgIpc) is 2.07. The third kappa shape index (κ3) is 4.47. The van der Waals surface area contributed by atoms with E-state index in [1.807, 2.05) is 6.92 Å². The van der Waals surface area contributed by atoms with E-state index in [9.17, 15) is 8.42 Å². The molecule has 0 aliphatic rings. The lowest BCUT2D eigenvalue weighted by atomic mass is 10.1. The fourth-order valence-corrected chi connectivity index (χ4v) is 3.61. The number of hydrogen-bond acceptors (Lipinski definition) is 3. The summed E-state index contributed by atoms with van der Waals surface area (Å²) in [5.74, 6) is 0. The van der Waals surface area contributed by atoms with Gasteiger partial charge in [0.25, 0.3) is 10.2 Å². The second-order valence-corrected chi connectivity index (χ2v) is 7.44. The molecule has 0 radical (unpaired) electrons. The van der Waals surface area contributed by atoms with Gasteiger partial charge in [-0.15, -0.1) is 0 Å². The normalized spacial score (nSPS) is 12.5. The summed E-state index contributed by atoms with van der Waals surface area (Å²) < 4.78 is 29.3. The minimum atomic E-state index is -3.66. The van der Waals surface area contributed by atoms with Crippen LogP contribution in [0.25, 0.3) is 0 Å². The zero-order valence-corrected chi connectivity index (χ0v) is 13.2. The van der Waals surface area contributed by atoms with Crippen LogP contribution >= 0.6 is 15.9 Å². The predicted molar refractivity (Wildman–Crippen MR) is 78.7 cm³/mol. The third-order valence-corrected chi connectivity index (χ3v) is 3.92. The van der Waals surface area contributed by atoms with E-state index in [4.69, 9.17) is 5.73 Å². The van der Waals surface area contributed by atoms with Crippen LogP contribution in [0.4, 0.5) is 11.4 Å². The monoisotopic (exact) mass is 335 g/mol. The zero-order valence-electron chi connectivity index (χ0n) is 10.8. The zero-order chi connectivity index (χ0) is 14.1. The Kier molecular flexibility index (Phi) is 4.30. The molecule has 0 fully saturated rings. The van der Waals surface area contributed by atoms with Crippen molar-refractivity contribution in [2.75, 3.05) is 10.5 Å². The van der Waals surface area contributed by atoms with Crippen LogP contribution in [-0.2, 0) is 10.2 Å². The van der Waals surface area contributed by atoms with E-state index in [1.165, 1.54) is 0 Å². The van der Waals surface area contributed by atoms with E-state index < -0.39 is 15.7 Å². The second-order valence-electron chi connectivity index (χ2n) is 5.17. The molecule has 1 rings (SSSR count). The molecule has 0 saturated carbocycles. The summed E-state index contributed by atoms with van der Waals surface area (Å²) in [6.07, 6.45) is 0. The Hall–Kier alpha value is -0.790. The van der Waals surface area contributed by atoms with E-state index in [1.54, 1.807) is 32.9 Å². The van der Waals surface area contributed by atoms with Crippen molar-refractivity contribution in [1.29, 1.82) is 0 Å². The maximum atomic E-state index is 11.9. The summed E-state index contributed by atoms with van der Waals surface area (Å²) in [6, 6.07) is 3.50. The van der Waals surface area contributed by atoms with Crippen molar-refractivity contribution < 1.29 is 8.42 Å². The van der Waals surface area contributed by atoms with Crippen molar-refractivity contribution in [3.8, 4) is 0 Å². The van der Waals surface area contributed by atoms with E-state index in [0.29, 0.717) is 15.8 Å². The number of aryl methyl sites for hydroxylation is 1. The molecular formula is C11H18BrN3O2S. The van der Waals surface area contributed by atoms with Gasteiger partial charge in [-0.1, -0.05) is 0 Å². The standard InChI is InChI=1S/C11H18BrN3O2S/c1-7-5-8(12)10(9(13)6-7)14-18(16,17)15-11(2,3)4/h5-6,14-15H,13H2,1-4H3. The van der Waals surface area contributed by atoms with Crippen molar-refractivity contribution in [3.05, 3.63) is 22.2 Å². The van der Waals surface area contributed by atoms with Crippen LogP contribution in [0.15, 0.2) is 16.6 Å². The van der Waals surface area contributed by atoms with Gasteiger partial charge < -0.3 is 5.73 Å². The van der Waals surface area contributed by atoms with Crippen LogP contribution in [0.5, 0.6) is 0 Å². The molecule has 0 unspecified atom stereocenters. The molecule has 1 aromatic rings. The van der Waals surface area contributed by atoms with Gasteiger partial charge in [-0.3, -0.25) is 4.72 Å². The van der Waals surface area contributed by atoms with Crippen LogP contribution in [0.3, 0.4) is 0 Å². The minimum Gasteiger partial charge on any atom is -0.397 e. The minimum absolute atomic E-state index is 0.345. The lowest BCUT2D eigenvalue weighted by molar-refractivity contribution is 0.494. The fourth-order valence-electron chi connectivity index (χ4n) is 1.44. The lowest BCUT2D eigenvalue weighted by Gasteiger charge is -2.22. The van der Waals surface area contributed by atoms with Crippen LogP contribution < -0.4 is 15.2 Å². The van der Waals surface area contributed by atoms with Crippen molar-refractivity contribution in [2.24, 2.45) is 0 Å². The first-order valence-electron chi connectivity index (χ1n) is 5.37. The quantitative estimate of drug-likeness (QED) is 0.741. The van der Waals surface area contributed by atoms with Gasteiger partial charge in [-0.2, -0.15) is 13.1 Å². The molecular weight excluding hydrogens is 318 g/mol.